The van der Waals surface area contributed by atoms with E-state index in [1.807, 2.05) is 24.2 Å². The zero-order valence-corrected chi connectivity index (χ0v) is 19.2. The molecule has 5 aliphatic rings. The van der Waals surface area contributed by atoms with Crippen LogP contribution in [0.2, 0.25) is 0 Å². The van der Waals surface area contributed by atoms with Crippen molar-refractivity contribution < 1.29 is 9.59 Å². The highest BCUT2D eigenvalue weighted by atomic mass is 16.2. The van der Waals surface area contributed by atoms with E-state index in [1.165, 1.54) is 19.3 Å². The normalized spacial score (nSPS) is 31.0. The molecule has 5 fully saturated rings. The van der Waals surface area contributed by atoms with E-state index >= 15 is 0 Å². The van der Waals surface area contributed by atoms with Crippen molar-refractivity contribution in [3.05, 3.63) is 24.0 Å². The number of aromatic nitrogens is 1. The molecule has 1 heterocycles. The molecule has 4 bridgehead atoms. The molecule has 0 aromatic carbocycles. The van der Waals surface area contributed by atoms with E-state index in [9.17, 15) is 9.59 Å². The van der Waals surface area contributed by atoms with Crippen LogP contribution in [0.5, 0.6) is 0 Å². The quantitative estimate of drug-likeness (QED) is 0.685. The second kappa shape index (κ2) is 8.18. The van der Waals surface area contributed by atoms with Gasteiger partial charge < -0.3 is 19.7 Å². The van der Waals surface area contributed by atoms with Crippen LogP contribution in [-0.2, 0) is 18.4 Å². The number of rotatable bonds is 8. The van der Waals surface area contributed by atoms with Crippen LogP contribution in [0.3, 0.4) is 0 Å². The average molecular weight is 427 g/mol. The Hall–Kier alpha value is -1.98. The van der Waals surface area contributed by atoms with Crippen LogP contribution in [0.4, 0.5) is 4.79 Å². The van der Waals surface area contributed by atoms with Crippen molar-refractivity contribution in [2.45, 2.75) is 82.8 Å². The second-order valence-corrected chi connectivity index (χ2v) is 10.9. The number of hydrogen-bond donors (Lipinski definition) is 1. The number of carbonyl (C=O) groups is 2. The van der Waals surface area contributed by atoms with Crippen LogP contribution in [0.1, 0.15) is 70.4 Å². The number of hydrogen-bond acceptors (Lipinski definition) is 2. The van der Waals surface area contributed by atoms with Gasteiger partial charge in [0.2, 0.25) is 5.91 Å². The molecule has 6 heteroatoms. The van der Waals surface area contributed by atoms with Gasteiger partial charge in [0, 0.05) is 37.1 Å². The monoisotopic (exact) mass is 426 g/mol. The summed E-state index contributed by atoms with van der Waals surface area (Å²) in [7, 11) is 2.02. The lowest BCUT2D eigenvalue weighted by atomic mass is 9.53. The zero-order chi connectivity index (χ0) is 21.6. The van der Waals surface area contributed by atoms with E-state index in [1.54, 1.807) is 4.90 Å². The first-order valence-electron chi connectivity index (χ1n) is 12.4. The molecular formula is C25H38N4O2. The molecule has 0 atom stereocenters. The minimum Gasteiger partial charge on any atom is -0.353 e. The van der Waals surface area contributed by atoms with Gasteiger partial charge in [0.05, 0.1) is 6.54 Å². The summed E-state index contributed by atoms with van der Waals surface area (Å²) in [6, 6.07) is 4.41. The smallest absolute Gasteiger partial charge is 0.318 e. The first-order chi connectivity index (χ1) is 14.9. The molecule has 1 N–H and O–H groups in total. The van der Waals surface area contributed by atoms with Gasteiger partial charge in [-0.2, -0.15) is 0 Å². The van der Waals surface area contributed by atoms with E-state index in [2.05, 4.69) is 22.9 Å². The third-order valence-corrected chi connectivity index (χ3v) is 8.21. The third kappa shape index (κ3) is 4.35. The van der Waals surface area contributed by atoms with Gasteiger partial charge in [-0.3, -0.25) is 4.79 Å². The van der Waals surface area contributed by atoms with Gasteiger partial charge >= 0.3 is 6.03 Å². The Morgan fingerprint density at radius 1 is 1.13 bits per heavy atom. The highest BCUT2D eigenvalue weighted by Gasteiger charge is 2.52. The molecule has 6 nitrogen and oxygen atoms in total. The molecular weight excluding hydrogens is 388 g/mol. The van der Waals surface area contributed by atoms with E-state index in [0.29, 0.717) is 19.1 Å². The number of amides is 3. The van der Waals surface area contributed by atoms with Crippen molar-refractivity contribution in [2.24, 2.45) is 24.8 Å². The molecule has 5 saturated carbocycles. The van der Waals surface area contributed by atoms with Crippen molar-refractivity contribution in [1.82, 2.24) is 19.7 Å². The van der Waals surface area contributed by atoms with Gasteiger partial charge in [-0.05, 0) is 87.7 Å². The van der Waals surface area contributed by atoms with Gasteiger partial charge in [0.1, 0.15) is 6.54 Å². The summed E-state index contributed by atoms with van der Waals surface area (Å²) in [4.78, 5) is 30.5. The Morgan fingerprint density at radius 3 is 2.29 bits per heavy atom. The molecule has 0 spiro atoms. The summed E-state index contributed by atoms with van der Waals surface area (Å²) >= 11 is 0. The minimum atomic E-state index is -0.0215. The number of carbonyl (C=O) groups excluding carboxylic acids is 2. The molecule has 0 unspecified atom stereocenters. The zero-order valence-electron chi connectivity index (χ0n) is 19.2. The Bertz CT molecular complexity index is 792. The summed E-state index contributed by atoms with van der Waals surface area (Å²) in [5.41, 5.74) is 1.13. The maximum atomic E-state index is 13.4. The fourth-order valence-corrected chi connectivity index (χ4v) is 6.99. The van der Waals surface area contributed by atoms with E-state index in [-0.39, 0.29) is 24.0 Å². The van der Waals surface area contributed by atoms with Crippen molar-refractivity contribution in [2.75, 3.05) is 13.1 Å². The van der Waals surface area contributed by atoms with Crippen LogP contribution >= 0.6 is 0 Å². The molecule has 0 radical (unpaired) electrons. The van der Waals surface area contributed by atoms with Crippen LogP contribution in [0.25, 0.3) is 0 Å². The number of nitrogens with zero attached hydrogens (tertiary/aromatic N) is 3. The number of nitrogens with one attached hydrogen (secondary N) is 1. The highest BCUT2D eigenvalue weighted by Crippen LogP contribution is 2.55. The van der Waals surface area contributed by atoms with Gasteiger partial charge in [0.15, 0.2) is 0 Å². The SMILES string of the molecule is CCCN(CC(=O)N(Cc1cccn1C)C1CC1)C(=O)NC12CC3CC(CC(C3)C1)C2. The number of aryl methyl sites for hydroxylation is 1. The van der Waals surface area contributed by atoms with Gasteiger partial charge in [0.25, 0.3) is 0 Å². The van der Waals surface area contributed by atoms with Crippen molar-refractivity contribution in [1.29, 1.82) is 0 Å². The highest BCUT2D eigenvalue weighted by molar-refractivity contribution is 5.84. The fraction of sp³-hybridized carbons (Fsp3) is 0.760. The number of urea groups is 1. The second-order valence-electron chi connectivity index (χ2n) is 10.9. The van der Waals surface area contributed by atoms with Gasteiger partial charge in [-0.25, -0.2) is 4.79 Å². The van der Waals surface area contributed by atoms with Crippen LogP contribution in [0.15, 0.2) is 18.3 Å². The van der Waals surface area contributed by atoms with Crippen molar-refractivity contribution >= 4 is 11.9 Å². The fourth-order valence-electron chi connectivity index (χ4n) is 6.99. The molecule has 6 rings (SSSR count). The maximum absolute atomic E-state index is 13.4. The summed E-state index contributed by atoms with van der Waals surface area (Å²) in [6.45, 7) is 3.53. The summed E-state index contributed by atoms with van der Waals surface area (Å²) in [6.07, 6.45) is 12.5. The molecule has 5 aliphatic carbocycles. The standard InChI is InChI=1S/C25H38N4O2/c1-3-8-28(17-23(30)29(21-6-7-21)16-22-5-4-9-27(22)2)24(31)26-25-13-18-10-19(14-25)12-20(11-18)15-25/h4-5,9,18-21H,3,6-8,10-17H2,1-2H3,(H,26,31). The van der Waals surface area contributed by atoms with Crippen molar-refractivity contribution in [3.63, 3.8) is 0 Å². The summed E-state index contributed by atoms with van der Waals surface area (Å²) < 4.78 is 2.08. The van der Waals surface area contributed by atoms with Crippen molar-refractivity contribution in [3.8, 4) is 0 Å². The van der Waals surface area contributed by atoms with E-state index in [4.69, 9.17) is 0 Å². The molecule has 0 saturated heterocycles. The average Bonchev–Trinajstić information content (AvgIpc) is 3.46. The lowest BCUT2D eigenvalue weighted by molar-refractivity contribution is -0.133. The Labute approximate surface area is 186 Å². The Kier molecular flexibility index (Phi) is 5.51. The van der Waals surface area contributed by atoms with Gasteiger partial charge in [-0.15, -0.1) is 0 Å². The van der Waals surface area contributed by atoms with E-state index in [0.717, 1.165) is 62.0 Å². The molecule has 31 heavy (non-hydrogen) atoms. The molecule has 1 aromatic heterocycles. The van der Waals surface area contributed by atoms with Gasteiger partial charge in [-0.1, -0.05) is 6.92 Å². The van der Waals surface area contributed by atoms with Crippen LogP contribution in [0, 0.1) is 17.8 Å². The minimum absolute atomic E-state index is 0.0138. The van der Waals surface area contributed by atoms with E-state index < -0.39 is 0 Å². The topological polar surface area (TPSA) is 57.6 Å². The largest absolute Gasteiger partial charge is 0.353 e. The Balaban J connectivity index is 1.25. The molecule has 1 aromatic rings. The summed E-state index contributed by atoms with van der Waals surface area (Å²) in [5.74, 6) is 2.47. The van der Waals surface area contributed by atoms with Crippen LogP contribution in [-0.4, -0.2) is 51.0 Å². The maximum Gasteiger partial charge on any atom is 0.318 e. The van der Waals surface area contributed by atoms with Crippen LogP contribution < -0.4 is 5.32 Å². The lowest BCUT2D eigenvalue weighted by Gasteiger charge is -2.57. The lowest BCUT2D eigenvalue weighted by Crippen LogP contribution is -2.62. The predicted octanol–water partition coefficient (Wildman–Crippen LogP) is 3.91. The Morgan fingerprint density at radius 2 is 1.77 bits per heavy atom. The first-order valence-corrected chi connectivity index (χ1v) is 12.4. The molecule has 170 valence electrons. The summed E-state index contributed by atoms with van der Waals surface area (Å²) in [5, 5.41) is 3.47. The third-order valence-electron chi connectivity index (χ3n) is 8.21. The molecule has 0 aliphatic heterocycles. The first kappa shape index (κ1) is 20.9. The molecule has 3 amide bonds. The predicted molar refractivity (Wildman–Crippen MR) is 120 cm³/mol.